The van der Waals surface area contributed by atoms with Crippen LogP contribution in [0.5, 0.6) is 0 Å². The Morgan fingerprint density at radius 1 is 1.55 bits per heavy atom. The monoisotopic (exact) mass is 190 g/mol. The second kappa shape index (κ2) is 3.07. The van der Waals surface area contributed by atoms with E-state index >= 15 is 0 Å². The first kappa shape index (κ1) is 8.30. The van der Waals surface area contributed by atoms with Crippen molar-refractivity contribution in [2.24, 2.45) is 0 Å². The minimum absolute atomic E-state index is 0.116. The molecule has 1 heterocycles. The van der Waals surface area contributed by atoms with Crippen LogP contribution in [-0.2, 0) is 0 Å². The summed E-state index contributed by atoms with van der Waals surface area (Å²) in [6, 6.07) is 1.19. The normalized spacial score (nSPS) is 9.64. The van der Waals surface area contributed by atoms with Crippen molar-refractivity contribution >= 4 is 29.2 Å². The van der Waals surface area contributed by atoms with Gasteiger partial charge in [-0.05, 0) is 6.07 Å². The Kier molecular flexibility index (Phi) is 2.31. The molecule has 0 aliphatic rings. The van der Waals surface area contributed by atoms with Crippen molar-refractivity contribution in [2.45, 2.75) is 0 Å². The van der Waals surface area contributed by atoms with Crippen LogP contribution in [0.15, 0.2) is 12.3 Å². The highest BCUT2D eigenvalue weighted by Crippen LogP contribution is 2.16. The number of hydrogen-bond acceptors (Lipinski definition) is 3. The lowest BCUT2D eigenvalue weighted by Crippen LogP contribution is -2.22. The van der Waals surface area contributed by atoms with Crippen LogP contribution in [0.4, 0.5) is 0 Å². The molecule has 0 spiro atoms. The molecule has 0 aromatic carbocycles. The van der Waals surface area contributed by atoms with Gasteiger partial charge in [-0.3, -0.25) is 0 Å². The maximum atomic E-state index is 10.3. The number of nitrogens with zero attached hydrogens (tertiary/aromatic N) is 1. The number of aromatic nitrogens is 1. The maximum Gasteiger partial charge on any atom is 0.138 e. The largest absolute Gasteiger partial charge is 0.545 e. The van der Waals surface area contributed by atoms with E-state index in [0.29, 0.717) is 0 Å². The van der Waals surface area contributed by atoms with Crippen molar-refractivity contribution in [1.82, 2.24) is 4.98 Å². The Hall–Kier alpha value is -0.800. The lowest BCUT2D eigenvalue weighted by molar-refractivity contribution is -0.255. The predicted octanol–water partition coefficient (Wildman–Crippen LogP) is 0.752. The van der Waals surface area contributed by atoms with Gasteiger partial charge in [0, 0.05) is 11.8 Å². The molecule has 1 rings (SSSR count). The summed E-state index contributed by atoms with van der Waals surface area (Å²) in [6.07, 6.45) is 1.26. The van der Waals surface area contributed by atoms with Gasteiger partial charge in [0.15, 0.2) is 0 Å². The summed E-state index contributed by atoms with van der Waals surface area (Å²) < 4.78 is 0. The standard InChI is InChI=1S/C6H3Cl2NO2/c7-3-1-4(6(10)11)5(8)9-2-3/h1-2H,(H,10,11)/p-1. The molecule has 1 aromatic rings. The number of halogens is 2. The summed E-state index contributed by atoms with van der Waals surface area (Å²) in [5, 5.41) is 10.4. The minimum Gasteiger partial charge on any atom is -0.545 e. The Bertz CT molecular complexity index is 301. The summed E-state index contributed by atoms with van der Waals surface area (Å²) in [6.45, 7) is 0. The van der Waals surface area contributed by atoms with Crippen LogP contribution in [-0.4, -0.2) is 11.0 Å². The molecule has 0 aliphatic heterocycles. The average Bonchev–Trinajstić information content (AvgIpc) is 1.94. The highest BCUT2D eigenvalue weighted by molar-refractivity contribution is 6.34. The number of pyridine rings is 1. The van der Waals surface area contributed by atoms with E-state index in [9.17, 15) is 9.90 Å². The van der Waals surface area contributed by atoms with Crippen molar-refractivity contribution < 1.29 is 9.90 Å². The summed E-state index contributed by atoms with van der Waals surface area (Å²) in [4.78, 5) is 13.8. The number of rotatable bonds is 1. The lowest BCUT2D eigenvalue weighted by Gasteiger charge is -2.03. The molecule has 0 radical (unpaired) electrons. The van der Waals surface area contributed by atoms with E-state index in [1.165, 1.54) is 12.3 Å². The zero-order valence-electron chi connectivity index (χ0n) is 5.17. The van der Waals surface area contributed by atoms with Crippen molar-refractivity contribution in [3.05, 3.63) is 28.0 Å². The zero-order valence-corrected chi connectivity index (χ0v) is 6.69. The first-order valence-corrected chi connectivity index (χ1v) is 3.39. The van der Waals surface area contributed by atoms with Gasteiger partial charge in [-0.25, -0.2) is 4.98 Å². The fourth-order valence-electron chi connectivity index (χ4n) is 0.566. The molecule has 0 fully saturated rings. The molecule has 0 aliphatic carbocycles. The number of hydrogen-bond donors (Lipinski definition) is 0. The third-order valence-corrected chi connectivity index (χ3v) is 1.53. The molecule has 0 unspecified atom stereocenters. The number of carbonyl (C=O) groups excluding carboxylic acids is 1. The molecule has 11 heavy (non-hydrogen) atoms. The maximum absolute atomic E-state index is 10.3. The fourth-order valence-corrected chi connectivity index (χ4v) is 0.904. The first-order valence-electron chi connectivity index (χ1n) is 2.63. The van der Waals surface area contributed by atoms with Crippen molar-refractivity contribution in [3.8, 4) is 0 Å². The Balaban J connectivity index is 3.23. The van der Waals surface area contributed by atoms with E-state index in [1.807, 2.05) is 0 Å². The molecule has 58 valence electrons. The van der Waals surface area contributed by atoms with Crippen LogP contribution in [0.3, 0.4) is 0 Å². The van der Waals surface area contributed by atoms with E-state index in [-0.39, 0.29) is 15.7 Å². The average molecular weight is 191 g/mol. The zero-order chi connectivity index (χ0) is 8.43. The molecule has 3 nitrogen and oxygen atoms in total. The fraction of sp³-hybridized carbons (Fsp3) is 0. The van der Waals surface area contributed by atoms with Gasteiger partial charge in [0.1, 0.15) is 5.15 Å². The number of carboxylic acids is 1. The van der Waals surface area contributed by atoms with Gasteiger partial charge in [-0.15, -0.1) is 0 Å². The van der Waals surface area contributed by atoms with E-state index < -0.39 is 5.97 Å². The number of aromatic carboxylic acids is 1. The molecule has 0 amide bonds. The quantitative estimate of drug-likeness (QED) is 0.615. The highest BCUT2D eigenvalue weighted by atomic mass is 35.5. The molecule has 0 atom stereocenters. The van der Waals surface area contributed by atoms with E-state index in [0.717, 1.165) is 0 Å². The van der Waals surface area contributed by atoms with Gasteiger partial charge >= 0.3 is 0 Å². The molecule has 5 heteroatoms. The topological polar surface area (TPSA) is 53.0 Å². The van der Waals surface area contributed by atoms with Crippen LogP contribution in [0, 0.1) is 0 Å². The first-order chi connectivity index (χ1) is 5.11. The lowest BCUT2D eigenvalue weighted by atomic mass is 10.3. The Labute approximate surface area is 72.6 Å². The molecule has 0 N–H and O–H groups in total. The van der Waals surface area contributed by atoms with Gasteiger partial charge in [-0.2, -0.15) is 0 Å². The second-order valence-electron chi connectivity index (χ2n) is 1.78. The number of carboxylic acid groups (broad SMARTS) is 1. The number of carbonyl (C=O) groups is 1. The third-order valence-electron chi connectivity index (χ3n) is 1.03. The van der Waals surface area contributed by atoms with Crippen molar-refractivity contribution in [3.63, 3.8) is 0 Å². The van der Waals surface area contributed by atoms with Crippen molar-refractivity contribution in [1.29, 1.82) is 0 Å². The van der Waals surface area contributed by atoms with Crippen LogP contribution in [0.25, 0.3) is 0 Å². The highest BCUT2D eigenvalue weighted by Gasteiger charge is 2.02. The van der Waals surface area contributed by atoms with Gasteiger partial charge in [0.05, 0.1) is 11.0 Å². The van der Waals surface area contributed by atoms with Gasteiger partial charge in [0.2, 0.25) is 0 Å². The van der Waals surface area contributed by atoms with Crippen molar-refractivity contribution in [2.75, 3.05) is 0 Å². The minimum atomic E-state index is -1.38. The summed E-state index contributed by atoms with van der Waals surface area (Å²) >= 11 is 10.8. The van der Waals surface area contributed by atoms with Crippen LogP contribution < -0.4 is 5.11 Å². The van der Waals surface area contributed by atoms with E-state index in [1.54, 1.807) is 0 Å². The smallest absolute Gasteiger partial charge is 0.138 e. The van der Waals surface area contributed by atoms with E-state index in [2.05, 4.69) is 4.98 Å². The molecule has 0 saturated heterocycles. The SMILES string of the molecule is O=C([O-])c1cc(Cl)cnc1Cl. The van der Waals surface area contributed by atoms with E-state index in [4.69, 9.17) is 23.2 Å². The van der Waals surface area contributed by atoms with Gasteiger partial charge in [0.25, 0.3) is 0 Å². The molecule has 0 saturated carbocycles. The van der Waals surface area contributed by atoms with Crippen LogP contribution in [0.1, 0.15) is 10.4 Å². The summed E-state index contributed by atoms with van der Waals surface area (Å²) in [7, 11) is 0. The summed E-state index contributed by atoms with van der Waals surface area (Å²) in [5.74, 6) is -1.38. The predicted molar refractivity (Wildman–Crippen MR) is 38.6 cm³/mol. The van der Waals surface area contributed by atoms with Crippen LogP contribution in [0.2, 0.25) is 10.2 Å². The second-order valence-corrected chi connectivity index (χ2v) is 2.57. The molecular formula is C6H2Cl2NO2-. The molecule has 0 bridgehead atoms. The third kappa shape index (κ3) is 1.82. The van der Waals surface area contributed by atoms with Gasteiger partial charge < -0.3 is 9.90 Å². The van der Waals surface area contributed by atoms with Crippen LogP contribution >= 0.6 is 23.2 Å². The Morgan fingerprint density at radius 3 is 2.64 bits per heavy atom. The van der Waals surface area contributed by atoms with Gasteiger partial charge in [-0.1, -0.05) is 23.2 Å². The Morgan fingerprint density at radius 2 is 2.18 bits per heavy atom. The molecule has 1 aromatic heterocycles. The molecular weight excluding hydrogens is 189 g/mol. The summed E-state index contributed by atoms with van der Waals surface area (Å²) in [5.41, 5.74) is -0.195.